The van der Waals surface area contributed by atoms with Crippen molar-refractivity contribution in [3.63, 3.8) is 0 Å². The van der Waals surface area contributed by atoms with Crippen LogP contribution in [-0.2, 0) is 20.0 Å². The molecule has 0 fully saturated rings. The summed E-state index contributed by atoms with van der Waals surface area (Å²) in [6.07, 6.45) is 2.92. The first-order valence-electron chi connectivity index (χ1n) is 6.33. The van der Waals surface area contributed by atoms with Crippen LogP contribution in [0.2, 0.25) is 0 Å². The third kappa shape index (κ3) is 3.35. The van der Waals surface area contributed by atoms with Crippen LogP contribution in [-0.4, -0.2) is 16.9 Å². The molecule has 0 amide bonds. The minimum atomic E-state index is 0.736. The van der Waals surface area contributed by atoms with Crippen LogP contribution in [0.25, 0.3) is 0 Å². The van der Waals surface area contributed by atoms with E-state index in [0.29, 0.717) is 0 Å². The van der Waals surface area contributed by atoms with Crippen molar-refractivity contribution in [2.75, 3.05) is 12.4 Å². The van der Waals surface area contributed by atoms with Crippen LogP contribution in [0.4, 0.5) is 5.69 Å². The van der Waals surface area contributed by atoms with Gasteiger partial charge in [0.1, 0.15) is 5.75 Å². The number of rotatable bonds is 5. The van der Waals surface area contributed by atoms with Crippen LogP contribution >= 0.6 is 31.9 Å². The molecule has 0 saturated heterocycles. The maximum absolute atomic E-state index is 5.31. The molecule has 1 heterocycles. The van der Waals surface area contributed by atoms with E-state index in [1.54, 1.807) is 7.11 Å². The van der Waals surface area contributed by atoms with Gasteiger partial charge < -0.3 is 10.1 Å². The molecule has 0 bridgehead atoms. The fraction of sp³-hybridized carbons (Fsp3) is 0.357. The Morgan fingerprint density at radius 1 is 1.30 bits per heavy atom. The van der Waals surface area contributed by atoms with Gasteiger partial charge in [-0.1, -0.05) is 6.92 Å². The summed E-state index contributed by atoms with van der Waals surface area (Å²) in [6.45, 7) is 2.84. The minimum absolute atomic E-state index is 0.736. The maximum Gasteiger partial charge on any atom is 0.147 e. The Hall–Kier alpha value is -1.01. The number of methoxy groups -OCH3 is 1. The van der Waals surface area contributed by atoms with E-state index in [2.05, 4.69) is 61.3 Å². The summed E-state index contributed by atoms with van der Waals surface area (Å²) in [7, 11) is 3.59. The highest BCUT2D eigenvalue weighted by Gasteiger charge is 2.09. The predicted octanol–water partition coefficient (Wildman–Crippen LogP) is 4.13. The van der Waals surface area contributed by atoms with Crippen LogP contribution in [0, 0.1) is 0 Å². The van der Waals surface area contributed by atoms with Gasteiger partial charge in [-0.25, -0.2) is 0 Å². The lowest BCUT2D eigenvalue weighted by molar-refractivity contribution is 0.409. The largest absolute Gasteiger partial charge is 0.494 e. The predicted molar refractivity (Wildman–Crippen MR) is 88.3 cm³/mol. The van der Waals surface area contributed by atoms with E-state index in [9.17, 15) is 0 Å². The van der Waals surface area contributed by atoms with E-state index in [4.69, 9.17) is 4.74 Å². The molecule has 1 aromatic heterocycles. The summed E-state index contributed by atoms with van der Waals surface area (Å²) in [4.78, 5) is 0. The van der Waals surface area contributed by atoms with Crippen molar-refractivity contribution in [2.24, 2.45) is 7.05 Å². The molecule has 4 nitrogen and oxygen atoms in total. The Labute approximate surface area is 135 Å². The highest BCUT2D eigenvalue weighted by molar-refractivity contribution is 9.11. The number of nitrogens with one attached hydrogen (secondary N) is 1. The van der Waals surface area contributed by atoms with E-state index >= 15 is 0 Å². The molecule has 0 spiro atoms. The van der Waals surface area contributed by atoms with Crippen molar-refractivity contribution in [2.45, 2.75) is 19.9 Å². The number of aryl methyl sites for hydroxylation is 2. The summed E-state index contributed by atoms with van der Waals surface area (Å²) >= 11 is 7.03. The van der Waals surface area contributed by atoms with E-state index < -0.39 is 0 Å². The van der Waals surface area contributed by atoms with Gasteiger partial charge in [0.2, 0.25) is 0 Å². The van der Waals surface area contributed by atoms with Crippen molar-refractivity contribution in [1.82, 2.24) is 9.78 Å². The van der Waals surface area contributed by atoms with Gasteiger partial charge >= 0.3 is 0 Å². The molecule has 108 valence electrons. The number of halogens is 2. The molecular formula is C14H17Br2N3O. The number of benzene rings is 1. The molecule has 20 heavy (non-hydrogen) atoms. The van der Waals surface area contributed by atoms with Crippen LogP contribution in [0.1, 0.15) is 18.2 Å². The number of ether oxygens (including phenoxy) is 1. The van der Waals surface area contributed by atoms with Crippen LogP contribution in [0.3, 0.4) is 0 Å². The van der Waals surface area contributed by atoms with Crippen LogP contribution < -0.4 is 10.1 Å². The molecule has 0 aliphatic rings. The van der Waals surface area contributed by atoms with Crippen molar-refractivity contribution in [3.05, 3.63) is 38.5 Å². The van der Waals surface area contributed by atoms with Gasteiger partial charge in [-0.05, 0) is 56.0 Å². The summed E-state index contributed by atoms with van der Waals surface area (Å²) < 4.78 is 9.02. The van der Waals surface area contributed by atoms with Gasteiger partial charge in [0.05, 0.1) is 27.4 Å². The molecule has 2 rings (SSSR count). The number of hydrogen-bond acceptors (Lipinski definition) is 3. The highest BCUT2D eigenvalue weighted by atomic mass is 79.9. The van der Waals surface area contributed by atoms with Gasteiger partial charge in [0, 0.05) is 19.8 Å². The summed E-state index contributed by atoms with van der Waals surface area (Å²) in [5, 5.41) is 7.85. The first-order chi connectivity index (χ1) is 9.55. The number of anilines is 1. The van der Waals surface area contributed by atoms with E-state index in [0.717, 1.165) is 44.6 Å². The lowest BCUT2D eigenvalue weighted by Crippen LogP contribution is -2.01. The van der Waals surface area contributed by atoms with Gasteiger partial charge in [-0.2, -0.15) is 5.10 Å². The number of hydrogen-bond donors (Lipinski definition) is 1. The Morgan fingerprint density at radius 2 is 1.95 bits per heavy atom. The molecule has 6 heteroatoms. The van der Waals surface area contributed by atoms with E-state index in [1.807, 2.05) is 17.9 Å². The zero-order valence-corrected chi connectivity index (χ0v) is 14.9. The minimum Gasteiger partial charge on any atom is -0.494 e. The molecule has 1 N–H and O–H groups in total. The van der Waals surface area contributed by atoms with Crippen molar-refractivity contribution < 1.29 is 4.74 Å². The third-order valence-electron chi connectivity index (χ3n) is 2.99. The zero-order chi connectivity index (χ0) is 14.7. The monoisotopic (exact) mass is 401 g/mol. The van der Waals surface area contributed by atoms with Gasteiger partial charge in [-0.3, -0.25) is 4.68 Å². The average molecular weight is 403 g/mol. The Balaban J connectivity index is 2.15. The topological polar surface area (TPSA) is 39.1 Å². The summed E-state index contributed by atoms with van der Waals surface area (Å²) in [5.41, 5.74) is 3.33. The molecule has 2 aromatic rings. The third-order valence-corrected chi connectivity index (χ3v) is 4.16. The molecule has 0 aliphatic carbocycles. The lowest BCUT2D eigenvalue weighted by atomic mass is 10.2. The normalized spacial score (nSPS) is 10.7. The number of aromatic nitrogens is 2. The zero-order valence-electron chi connectivity index (χ0n) is 11.7. The quantitative estimate of drug-likeness (QED) is 0.817. The van der Waals surface area contributed by atoms with Crippen molar-refractivity contribution >= 4 is 37.5 Å². The van der Waals surface area contributed by atoms with Gasteiger partial charge in [-0.15, -0.1) is 0 Å². The van der Waals surface area contributed by atoms with E-state index in [-0.39, 0.29) is 0 Å². The van der Waals surface area contributed by atoms with Crippen LogP contribution in [0.5, 0.6) is 5.75 Å². The Bertz CT molecular complexity index is 587. The van der Waals surface area contributed by atoms with Crippen LogP contribution in [0.15, 0.2) is 27.3 Å². The second kappa shape index (κ2) is 6.63. The molecule has 0 radical (unpaired) electrons. The molecule has 1 aromatic carbocycles. The molecular weight excluding hydrogens is 386 g/mol. The first-order valence-corrected chi connectivity index (χ1v) is 7.92. The Morgan fingerprint density at radius 3 is 2.50 bits per heavy atom. The SMILES string of the molecule is CCc1nn(C)cc1NCc1cc(Br)c(OC)c(Br)c1. The molecule has 0 atom stereocenters. The van der Waals surface area contributed by atoms with Crippen molar-refractivity contribution in [3.8, 4) is 5.75 Å². The maximum atomic E-state index is 5.31. The fourth-order valence-corrected chi connectivity index (χ4v) is 3.66. The van der Waals surface area contributed by atoms with Gasteiger partial charge in [0.15, 0.2) is 0 Å². The van der Waals surface area contributed by atoms with Crippen molar-refractivity contribution in [1.29, 1.82) is 0 Å². The fourth-order valence-electron chi connectivity index (χ4n) is 2.05. The standard InChI is InChI=1S/C14H17Br2N3O/c1-4-12-13(8-19(2)18-12)17-7-9-5-10(15)14(20-3)11(16)6-9/h5-6,8,17H,4,7H2,1-3H3. The molecule has 0 aliphatic heterocycles. The smallest absolute Gasteiger partial charge is 0.147 e. The first kappa shape index (κ1) is 15.4. The molecule has 0 saturated carbocycles. The average Bonchev–Trinajstić information content (AvgIpc) is 2.76. The molecule has 0 unspecified atom stereocenters. The second-order valence-electron chi connectivity index (χ2n) is 4.46. The lowest BCUT2D eigenvalue weighted by Gasteiger charge is -2.10. The van der Waals surface area contributed by atoms with Gasteiger partial charge in [0.25, 0.3) is 0 Å². The number of nitrogens with zero attached hydrogens (tertiary/aromatic N) is 2. The van der Waals surface area contributed by atoms with E-state index in [1.165, 1.54) is 0 Å². The highest BCUT2D eigenvalue weighted by Crippen LogP contribution is 2.34. The summed E-state index contributed by atoms with van der Waals surface area (Å²) in [6, 6.07) is 4.11. The Kier molecular flexibility index (Phi) is 5.10. The second-order valence-corrected chi connectivity index (χ2v) is 6.17. The summed E-state index contributed by atoms with van der Waals surface area (Å²) in [5.74, 6) is 0.810.